The molecule has 1 aromatic heterocycles. The van der Waals surface area contributed by atoms with Crippen molar-refractivity contribution in [2.24, 2.45) is 5.41 Å². The van der Waals surface area contributed by atoms with Crippen LogP contribution < -0.4 is 5.32 Å². The Morgan fingerprint density at radius 2 is 2.00 bits per heavy atom. The number of hydrogen-bond acceptors (Lipinski definition) is 3. The van der Waals surface area contributed by atoms with Gasteiger partial charge in [0, 0.05) is 17.3 Å². The van der Waals surface area contributed by atoms with Gasteiger partial charge in [-0.25, -0.2) is 4.98 Å². The number of hydrogen-bond donors (Lipinski definition) is 1. The predicted octanol–water partition coefficient (Wildman–Crippen LogP) is 4.16. The Hall–Kier alpha value is -1.19. The van der Waals surface area contributed by atoms with Gasteiger partial charge in [0.1, 0.15) is 0 Å². The van der Waals surface area contributed by atoms with Crippen LogP contribution in [0.5, 0.6) is 0 Å². The second-order valence-corrected chi connectivity index (χ2v) is 7.91. The van der Waals surface area contributed by atoms with Crippen molar-refractivity contribution in [2.45, 2.75) is 45.6 Å². The van der Waals surface area contributed by atoms with Gasteiger partial charge in [0.2, 0.25) is 0 Å². The molecule has 1 aliphatic carbocycles. The zero-order valence-corrected chi connectivity index (χ0v) is 14.0. The summed E-state index contributed by atoms with van der Waals surface area (Å²) in [6.07, 6.45) is 4.46. The Labute approximate surface area is 131 Å². The van der Waals surface area contributed by atoms with Gasteiger partial charge >= 0.3 is 0 Å². The van der Waals surface area contributed by atoms with Crippen LogP contribution in [0.3, 0.4) is 0 Å². The van der Waals surface area contributed by atoms with Crippen LogP contribution in [0, 0.1) is 5.41 Å². The molecule has 0 saturated heterocycles. The van der Waals surface area contributed by atoms with E-state index in [0.29, 0.717) is 11.5 Å². The molecule has 0 spiro atoms. The second kappa shape index (κ2) is 5.90. The van der Waals surface area contributed by atoms with Gasteiger partial charge in [-0.1, -0.05) is 44.2 Å². The SMILES string of the molecule is CNC1CC(C)(C)Cc2nc(CCc3ccccc3)sc21. The molecule has 1 heterocycles. The first kappa shape index (κ1) is 14.7. The minimum Gasteiger partial charge on any atom is -0.312 e. The first-order valence-electron chi connectivity index (χ1n) is 7.77. The summed E-state index contributed by atoms with van der Waals surface area (Å²) in [4.78, 5) is 6.41. The molecule has 0 saturated carbocycles. The molecule has 2 nitrogen and oxygen atoms in total. The number of nitrogens with one attached hydrogen (secondary N) is 1. The molecule has 3 heteroatoms. The van der Waals surface area contributed by atoms with E-state index in [1.54, 1.807) is 0 Å². The summed E-state index contributed by atoms with van der Waals surface area (Å²) < 4.78 is 0. The minimum absolute atomic E-state index is 0.353. The first-order chi connectivity index (χ1) is 10.1. The molecule has 3 rings (SSSR count). The van der Waals surface area contributed by atoms with Crippen molar-refractivity contribution in [3.8, 4) is 0 Å². The molecule has 21 heavy (non-hydrogen) atoms. The summed E-state index contributed by atoms with van der Waals surface area (Å²) in [5.74, 6) is 0. The Morgan fingerprint density at radius 1 is 1.24 bits per heavy atom. The molecule has 1 unspecified atom stereocenters. The summed E-state index contributed by atoms with van der Waals surface area (Å²) >= 11 is 1.91. The Balaban J connectivity index is 1.76. The summed E-state index contributed by atoms with van der Waals surface area (Å²) in [7, 11) is 2.07. The van der Waals surface area contributed by atoms with Crippen molar-refractivity contribution in [2.75, 3.05) is 7.05 Å². The number of fused-ring (bicyclic) bond motifs is 1. The van der Waals surface area contributed by atoms with E-state index in [-0.39, 0.29) is 0 Å². The van der Waals surface area contributed by atoms with Crippen LogP contribution in [0.25, 0.3) is 0 Å². The van der Waals surface area contributed by atoms with Crippen LogP contribution >= 0.6 is 11.3 Å². The molecular weight excluding hydrogens is 276 g/mol. The number of aromatic nitrogens is 1. The minimum atomic E-state index is 0.353. The normalized spacial score (nSPS) is 20.2. The predicted molar refractivity (Wildman–Crippen MR) is 89.9 cm³/mol. The van der Waals surface area contributed by atoms with E-state index in [9.17, 15) is 0 Å². The van der Waals surface area contributed by atoms with Crippen molar-refractivity contribution in [1.29, 1.82) is 0 Å². The number of aryl methyl sites for hydroxylation is 2. The molecule has 0 fully saturated rings. The van der Waals surface area contributed by atoms with Gasteiger partial charge in [-0.2, -0.15) is 0 Å². The van der Waals surface area contributed by atoms with E-state index in [0.717, 1.165) is 19.3 Å². The maximum absolute atomic E-state index is 4.94. The average Bonchev–Trinajstić information content (AvgIpc) is 2.86. The molecule has 0 aliphatic heterocycles. The van der Waals surface area contributed by atoms with Crippen LogP contribution in [0.2, 0.25) is 0 Å². The molecule has 0 radical (unpaired) electrons. The van der Waals surface area contributed by atoms with Crippen molar-refractivity contribution >= 4 is 11.3 Å². The first-order valence-corrected chi connectivity index (χ1v) is 8.59. The van der Waals surface area contributed by atoms with Gasteiger partial charge in [0.05, 0.1) is 10.7 Å². The molecule has 0 amide bonds. The van der Waals surface area contributed by atoms with Gasteiger partial charge in [0.15, 0.2) is 0 Å². The fourth-order valence-electron chi connectivity index (χ4n) is 3.22. The Morgan fingerprint density at radius 3 is 2.71 bits per heavy atom. The molecule has 112 valence electrons. The number of rotatable bonds is 4. The zero-order chi connectivity index (χ0) is 14.9. The van der Waals surface area contributed by atoms with Gasteiger partial charge in [0.25, 0.3) is 0 Å². The van der Waals surface area contributed by atoms with Gasteiger partial charge in [-0.3, -0.25) is 0 Å². The third-order valence-electron chi connectivity index (χ3n) is 4.31. The third-order valence-corrected chi connectivity index (χ3v) is 5.58. The lowest BCUT2D eigenvalue weighted by atomic mass is 9.76. The average molecular weight is 300 g/mol. The summed E-state index contributed by atoms with van der Waals surface area (Å²) in [6.45, 7) is 4.70. The summed E-state index contributed by atoms with van der Waals surface area (Å²) in [5.41, 5.74) is 3.08. The van der Waals surface area contributed by atoms with E-state index >= 15 is 0 Å². The van der Waals surface area contributed by atoms with Crippen LogP contribution in [-0.4, -0.2) is 12.0 Å². The van der Waals surface area contributed by atoms with E-state index in [1.165, 1.54) is 27.6 Å². The number of nitrogens with zero attached hydrogens (tertiary/aromatic N) is 1. The lowest BCUT2D eigenvalue weighted by Gasteiger charge is -2.34. The van der Waals surface area contributed by atoms with Crippen molar-refractivity contribution in [3.63, 3.8) is 0 Å². The highest BCUT2D eigenvalue weighted by atomic mass is 32.1. The Kier molecular flexibility index (Phi) is 4.14. The topological polar surface area (TPSA) is 24.9 Å². The Bertz CT molecular complexity index is 601. The van der Waals surface area contributed by atoms with Crippen LogP contribution in [-0.2, 0) is 19.3 Å². The molecule has 1 N–H and O–H groups in total. The standard InChI is InChI=1S/C18H24N2S/c1-18(2)11-14(19-3)17-15(12-18)20-16(21-17)10-9-13-7-5-4-6-8-13/h4-8,14,19H,9-12H2,1-3H3. The fraction of sp³-hybridized carbons (Fsp3) is 0.500. The highest BCUT2D eigenvalue weighted by Gasteiger charge is 2.34. The van der Waals surface area contributed by atoms with E-state index < -0.39 is 0 Å². The lowest BCUT2D eigenvalue weighted by molar-refractivity contribution is 0.265. The summed E-state index contributed by atoms with van der Waals surface area (Å²) in [6, 6.07) is 11.2. The maximum Gasteiger partial charge on any atom is 0.0935 e. The van der Waals surface area contributed by atoms with E-state index in [2.05, 4.69) is 56.5 Å². The summed E-state index contributed by atoms with van der Waals surface area (Å²) in [5, 5.41) is 4.77. The fourth-order valence-corrected chi connectivity index (χ4v) is 4.41. The maximum atomic E-state index is 4.94. The van der Waals surface area contributed by atoms with Gasteiger partial charge in [-0.15, -0.1) is 11.3 Å². The van der Waals surface area contributed by atoms with Crippen LogP contribution in [0.4, 0.5) is 0 Å². The second-order valence-electron chi connectivity index (χ2n) is 6.79. The molecular formula is C18H24N2S. The number of benzene rings is 1. The molecule has 0 bridgehead atoms. The van der Waals surface area contributed by atoms with Crippen molar-refractivity contribution in [3.05, 3.63) is 51.5 Å². The van der Waals surface area contributed by atoms with E-state index in [4.69, 9.17) is 4.98 Å². The van der Waals surface area contributed by atoms with Crippen LogP contribution in [0.15, 0.2) is 30.3 Å². The van der Waals surface area contributed by atoms with Crippen molar-refractivity contribution < 1.29 is 0 Å². The van der Waals surface area contributed by atoms with Crippen molar-refractivity contribution in [1.82, 2.24) is 10.3 Å². The smallest absolute Gasteiger partial charge is 0.0935 e. The van der Waals surface area contributed by atoms with Gasteiger partial charge < -0.3 is 5.32 Å². The third kappa shape index (κ3) is 3.35. The van der Waals surface area contributed by atoms with E-state index in [1.807, 2.05) is 11.3 Å². The molecule has 2 aromatic rings. The quantitative estimate of drug-likeness (QED) is 0.917. The highest BCUT2D eigenvalue weighted by Crippen LogP contribution is 2.42. The molecule has 1 aliphatic rings. The highest BCUT2D eigenvalue weighted by molar-refractivity contribution is 7.11. The van der Waals surface area contributed by atoms with Crippen LogP contribution in [0.1, 0.15) is 47.5 Å². The molecule has 1 atom stereocenters. The number of thiazole rings is 1. The zero-order valence-electron chi connectivity index (χ0n) is 13.1. The lowest BCUT2D eigenvalue weighted by Crippen LogP contribution is -2.30. The monoisotopic (exact) mass is 300 g/mol. The molecule has 1 aromatic carbocycles. The van der Waals surface area contributed by atoms with Gasteiger partial charge in [-0.05, 0) is 37.3 Å². The largest absolute Gasteiger partial charge is 0.312 e.